The summed E-state index contributed by atoms with van der Waals surface area (Å²) in [5, 5.41) is 5.06. The molecule has 0 heterocycles. The predicted octanol–water partition coefficient (Wildman–Crippen LogP) is 0.313. The van der Waals surface area contributed by atoms with Gasteiger partial charge in [-0.3, -0.25) is 9.59 Å². The van der Waals surface area contributed by atoms with Crippen LogP contribution in [0.2, 0.25) is 0 Å². The van der Waals surface area contributed by atoms with Gasteiger partial charge in [-0.15, -0.1) is 0 Å². The number of esters is 1. The van der Waals surface area contributed by atoms with Crippen LogP contribution < -0.4 is 15.4 Å². The molecule has 0 radical (unpaired) electrons. The van der Waals surface area contributed by atoms with Crippen molar-refractivity contribution in [2.24, 2.45) is 0 Å². The zero-order valence-electron chi connectivity index (χ0n) is 11.0. The SMILES string of the molecule is COC(=O)COc1ccc(NC(=O)CCNC=O)cc1. The standard InChI is InChI=1S/C13H16N2O5/c1-19-13(18)8-20-11-4-2-10(3-5-11)15-12(17)6-7-14-9-16/h2-5,9H,6-8H2,1H3,(H,14,16)(H,15,17). The minimum Gasteiger partial charge on any atom is -0.482 e. The zero-order chi connectivity index (χ0) is 14.8. The van der Waals surface area contributed by atoms with Crippen molar-refractivity contribution in [3.05, 3.63) is 24.3 Å². The molecule has 0 aliphatic rings. The molecule has 7 heteroatoms. The van der Waals surface area contributed by atoms with E-state index < -0.39 is 5.97 Å². The Morgan fingerprint density at radius 1 is 1.25 bits per heavy atom. The molecule has 0 aromatic heterocycles. The van der Waals surface area contributed by atoms with E-state index in [1.807, 2.05) is 0 Å². The van der Waals surface area contributed by atoms with Crippen LogP contribution in [0, 0.1) is 0 Å². The van der Waals surface area contributed by atoms with Crippen molar-refractivity contribution in [2.45, 2.75) is 6.42 Å². The highest BCUT2D eigenvalue weighted by atomic mass is 16.6. The van der Waals surface area contributed by atoms with Crippen molar-refractivity contribution >= 4 is 24.0 Å². The third-order valence-electron chi connectivity index (χ3n) is 2.30. The number of carbonyl (C=O) groups excluding carboxylic acids is 3. The van der Waals surface area contributed by atoms with Crippen molar-refractivity contribution in [2.75, 3.05) is 25.6 Å². The van der Waals surface area contributed by atoms with Crippen LogP contribution >= 0.6 is 0 Å². The summed E-state index contributed by atoms with van der Waals surface area (Å²) < 4.78 is 9.61. The summed E-state index contributed by atoms with van der Waals surface area (Å²) in [4.78, 5) is 32.4. The van der Waals surface area contributed by atoms with Gasteiger partial charge in [0.1, 0.15) is 5.75 Å². The van der Waals surface area contributed by atoms with E-state index in [0.717, 1.165) is 0 Å². The molecule has 0 fully saturated rings. The fourth-order valence-electron chi connectivity index (χ4n) is 1.30. The lowest BCUT2D eigenvalue weighted by Crippen LogP contribution is -2.20. The smallest absolute Gasteiger partial charge is 0.343 e. The van der Waals surface area contributed by atoms with E-state index in [9.17, 15) is 14.4 Å². The number of hydrogen-bond donors (Lipinski definition) is 2. The summed E-state index contributed by atoms with van der Waals surface area (Å²) in [6, 6.07) is 6.56. The van der Waals surface area contributed by atoms with Gasteiger partial charge in [0.15, 0.2) is 6.61 Å². The number of hydrogen-bond acceptors (Lipinski definition) is 5. The molecular weight excluding hydrogens is 264 g/mol. The van der Waals surface area contributed by atoms with Crippen LogP contribution in [-0.4, -0.2) is 38.5 Å². The molecule has 1 aromatic carbocycles. The molecule has 0 atom stereocenters. The third-order valence-corrected chi connectivity index (χ3v) is 2.30. The second-order valence-electron chi connectivity index (χ2n) is 3.76. The minimum atomic E-state index is -0.468. The van der Waals surface area contributed by atoms with Crippen molar-refractivity contribution in [1.29, 1.82) is 0 Å². The molecular formula is C13H16N2O5. The Labute approximate surface area is 116 Å². The van der Waals surface area contributed by atoms with E-state index in [2.05, 4.69) is 15.4 Å². The van der Waals surface area contributed by atoms with Crippen molar-refractivity contribution < 1.29 is 23.9 Å². The summed E-state index contributed by atoms with van der Waals surface area (Å²) in [7, 11) is 1.28. The Bertz CT molecular complexity index is 458. The molecule has 2 N–H and O–H groups in total. The Balaban J connectivity index is 2.39. The van der Waals surface area contributed by atoms with Gasteiger partial charge in [0.05, 0.1) is 7.11 Å². The largest absolute Gasteiger partial charge is 0.482 e. The van der Waals surface area contributed by atoms with E-state index in [1.165, 1.54) is 7.11 Å². The summed E-state index contributed by atoms with van der Waals surface area (Å²) in [5.41, 5.74) is 0.603. The second-order valence-corrected chi connectivity index (χ2v) is 3.76. The average Bonchev–Trinajstić information content (AvgIpc) is 2.46. The number of anilines is 1. The van der Waals surface area contributed by atoms with Crippen LogP contribution in [-0.2, 0) is 19.1 Å². The van der Waals surface area contributed by atoms with E-state index in [1.54, 1.807) is 24.3 Å². The van der Waals surface area contributed by atoms with Gasteiger partial charge in [-0.1, -0.05) is 0 Å². The van der Waals surface area contributed by atoms with Crippen molar-refractivity contribution in [1.82, 2.24) is 5.32 Å². The average molecular weight is 280 g/mol. The highest BCUT2D eigenvalue weighted by Crippen LogP contribution is 2.15. The topological polar surface area (TPSA) is 93.7 Å². The molecule has 1 rings (SSSR count). The maximum atomic E-state index is 11.5. The molecule has 0 aliphatic heterocycles. The predicted molar refractivity (Wildman–Crippen MR) is 71.3 cm³/mol. The quantitative estimate of drug-likeness (QED) is 0.406. The summed E-state index contributed by atoms with van der Waals surface area (Å²) in [5.74, 6) is -0.177. The van der Waals surface area contributed by atoms with Gasteiger partial charge in [-0.25, -0.2) is 4.79 Å². The summed E-state index contributed by atoms with van der Waals surface area (Å²) >= 11 is 0. The Hall–Kier alpha value is -2.57. The molecule has 0 bridgehead atoms. The fraction of sp³-hybridized carbons (Fsp3) is 0.308. The van der Waals surface area contributed by atoms with E-state index >= 15 is 0 Å². The molecule has 7 nitrogen and oxygen atoms in total. The highest BCUT2D eigenvalue weighted by Gasteiger charge is 2.04. The van der Waals surface area contributed by atoms with Gasteiger partial charge in [0, 0.05) is 18.7 Å². The molecule has 0 spiro atoms. The summed E-state index contributed by atoms with van der Waals surface area (Å²) in [6.45, 7) is 0.120. The van der Waals surface area contributed by atoms with Gasteiger partial charge in [0.25, 0.3) is 0 Å². The van der Waals surface area contributed by atoms with Gasteiger partial charge in [0.2, 0.25) is 12.3 Å². The first-order valence-corrected chi connectivity index (χ1v) is 5.92. The van der Waals surface area contributed by atoms with Crippen LogP contribution in [0.15, 0.2) is 24.3 Å². The lowest BCUT2D eigenvalue weighted by Gasteiger charge is -2.07. The number of amides is 2. The molecule has 108 valence electrons. The lowest BCUT2D eigenvalue weighted by atomic mass is 10.3. The first-order valence-electron chi connectivity index (χ1n) is 5.92. The van der Waals surface area contributed by atoms with Crippen LogP contribution in [0.25, 0.3) is 0 Å². The third kappa shape index (κ3) is 5.85. The zero-order valence-corrected chi connectivity index (χ0v) is 11.0. The number of benzene rings is 1. The Morgan fingerprint density at radius 2 is 1.95 bits per heavy atom. The molecule has 0 saturated heterocycles. The highest BCUT2D eigenvalue weighted by molar-refractivity contribution is 5.90. The molecule has 0 unspecified atom stereocenters. The minimum absolute atomic E-state index is 0.167. The van der Waals surface area contributed by atoms with Gasteiger partial charge < -0.3 is 20.1 Å². The van der Waals surface area contributed by atoms with Crippen molar-refractivity contribution in [3.8, 4) is 5.75 Å². The Kier molecular flexibility index (Phi) is 6.60. The van der Waals surface area contributed by atoms with E-state index in [4.69, 9.17) is 4.74 Å². The molecule has 0 aliphatic carbocycles. The number of methoxy groups -OCH3 is 1. The molecule has 0 saturated carbocycles. The first-order chi connectivity index (χ1) is 9.65. The number of ether oxygens (including phenoxy) is 2. The van der Waals surface area contributed by atoms with E-state index in [0.29, 0.717) is 17.8 Å². The van der Waals surface area contributed by atoms with Crippen LogP contribution in [0.3, 0.4) is 0 Å². The normalized spacial score (nSPS) is 9.45. The monoisotopic (exact) mass is 280 g/mol. The van der Waals surface area contributed by atoms with Gasteiger partial charge in [-0.05, 0) is 24.3 Å². The van der Waals surface area contributed by atoms with Crippen LogP contribution in [0.5, 0.6) is 5.75 Å². The van der Waals surface area contributed by atoms with Gasteiger partial charge >= 0.3 is 5.97 Å². The van der Waals surface area contributed by atoms with E-state index in [-0.39, 0.29) is 25.5 Å². The number of nitrogens with one attached hydrogen (secondary N) is 2. The molecule has 2 amide bonds. The van der Waals surface area contributed by atoms with Gasteiger partial charge in [-0.2, -0.15) is 0 Å². The van der Waals surface area contributed by atoms with Crippen LogP contribution in [0.4, 0.5) is 5.69 Å². The van der Waals surface area contributed by atoms with Crippen molar-refractivity contribution in [3.63, 3.8) is 0 Å². The maximum Gasteiger partial charge on any atom is 0.343 e. The lowest BCUT2D eigenvalue weighted by molar-refractivity contribution is -0.142. The summed E-state index contributed by atoms with van der Waals surface area (Å²) in [6.07, 6.45) is 0.736. The molecule has 1 aromatic rings. The first kappa shape index (κ1) is 15.5. The van der Waals surface area contributed by atoms with Crippen LogP contribution in [0.1, 0.15) is 6.42 Å². The molecule has 20 heavy (non-hydrogen) atoms. The maximum absolute atomic E-state index is 11.5. The number of carbonyl (C=O) groups is 3. The fourth-order valence-corrected chi connectivity index (χ4v) is 1.30. The number of rotatable bonds is 8. The Morgan fingerprint density at radius 3 is 2.55 bits per heavy atom. The second kappa shape index (κ2) is 8.52.